The molecule has 1 N–H and O–H groups in total. The highest BCUT2D eigenvalue weighted by molar-refractivity contribution is 5.96. The van der Waals surface area contributed by atoms with Crippen molar-refractivity contribution in [3.05, 3.63) is 100 Å². The van der Waals surface area contributed by atoms with E-state index in [1.54, 1.807) is 9.47 Å². The van der Waals surface area contributed by atoms with Gasteiger partial charge in [-0.05, 0) is 25.0 Å². The van der Waals surface area contributed by atoms with E-state index in [0.717, 1.165) is 11.1 Å². The fraction of sp³-hybridized carbons (Fsp3) is 0.240. The number of benzene rings is 2. The Bertz CT molecular complexity index is 1330. The van der Waals surface area contributed by atoms with Crippen LogP contribution in [0.25, 0.3) is 5.95 Å². The molecule has 172 valence electrons. The lowest BCUT2D eigenvalue weighted by Crippen LogP contribution is -2.50. The van der Waals surface area contributed by atoms with Crippen LogP contribution in [0.15, 0.2) is 78.1 Å². The molecular weight excluding hydrogens is 432 g/mol. The fourth-order valence-electron chi connectivity index (χ4n) is 4.68. The van der Waals surface area contributed by atoms with Crippen molar-refractivity contribution in [2.45, 2.75) is 31.8 Å². The summed E-state index contributed by atoms with van der Waals surface area (Å²) in [4.78, 5) is 32.0. The third-order valence-electron chi connectivity index (χ3n) is 6.24. The van der Waals surface area contributed by atoms with Gasteiger partial charge in [-0.25, -0.2) is 0 Å². The molecule has 2 aromatic carbocycles. The van der Waals surface area contributed by atoms with E-state index in [2.05, 4.69) is 15.2 Å². The lowest BCUT2D eigenvalue weighted by Gasteiger charge is -2.42. The number of fused-ring (bicyclic) bond motifs is 1. The van der Waals surface area contributed by atoms with E-state index in [0.29, 0.717) is 6.54 Å². The molecule has 1 aliphatic rings. The van der Waals surface area contributed by atoms with Crippen molar-refractivity contribution < 1.29 is 9.90 Å². The van der Waals surface area contributed by atoms with Crippen LogP contribution in [0.4, 0.5) is 0 Å². The highest BCUT2D eigenvalue weighted by Crippen LogP contribution is 2.41. The molecule has 0 fully saturated rings. The zero-order chi connectivity index (χ0) is 23.8. The SMILES string of the molecule is CC(C)N1C[C@H](C(c2ccccc2)c2ccccc2)n2c(-n3cnnc3)nc(=O)c(O)c2C1=O. The molecule has 1 atom stereocenters. The van der Waals surface area contributed by atoms with E-state index in [-0.39, 0.29) is 29.6 Å². The predicted octanol–water partition coefficient (Wildman–Crippen LogP) is 2.77. The highest BCUT2D eigenvalue weighted by atomic mass is 16.3. The predicted molar refractivity (Wildman–Crippen MR) is 125 cm³/mol. The number of amides is 1. The molecule has 4 aromatic rings. The largest absolute Gasteiger partial charge is 0.501 e. The van der Waals surface area contributed by atoms with Gasteiger partial charge >= 0.3 is 5.56 Å². The minimum absolute atomic E-state index is 0.0782. The Morgan fingerprint density at radius 1 is 0.912 bits per heavy atom. The van der Waals surface area contributed by atoms with Gasteiger partial charge in [0.25, 0.3) is 5.91 Å². The quantitative estimate of drug-likeness (QED) is 0.495. The first kappa shape index (κ1) is 21.6. The zero-order valence-corrected chi connectivity index (χ0v) is 18.8. The fourth-order valence-corrected chi connectivity index (χ4v) is 4.68. The van der Waals surface area contributed by atoms with Gasteiger partial charge < -0.3 is 10.0 Å². The smallest absolute Gasteiger partial charge is 0.317 e. The van der Waals surface area contributed by atoms with Crippen molar-refractivity contribution in [3.8, 4) is 11.7 Å². The summed E-state index contributed by atoms with van der Waals surface area (Å²) in [5, 5.41) is 18.5. The Labute approximate surface area is 196 Å². The van der Waals surface area contributed by atoms with Crippen LogP contribution in [0.1, 0.15) is 47.4 Å². The molecule has 5 rings (SSSR count). The molecule has 0 saturated heterocycles. The van der Waals surface area contributed by atoms with Gasteiger partial charge in [-0.15, -0.1) is 10.2 Å². The van der Waals surface area contributed by atoms with Gasteiger partial charge in [-0.2, -0.15) is 4.98 Å². The lowest BCUT2D eigenvalue weighted by atomic mass is 9.83. The number of carbonyl (C=O) groups excluding carboxylic acids is 1. The third-order valence-corrected chi connectivity index (χ3v) is 6.24. The first-order valence-electron chi connectivity index (χ1n) is 11.1. The first-order valence-corrected chi connectivity index (χ1v) is 11.1. The molecule has 1 amide bonds. The van der Waals surface area contributed by atoms with E-state index in [1.165, 1.54) is 17.2 Å². The number of aromatic nitrogens is 5. The van der Waals surface area contributed by atoms with Gasteiger partial charge in [0, 0.05) is 18.5 Å². The molecule has 9 heteroatoms. The number of nitrogens with zero attached hydrogens (tertiary/aromatic N) is 6. The van der Waals surface area contributed by atoms with E-state index in [4.69, 9.17) is 0 Å². The van der Waals surface area contributed by atoms with E-state index >= 15 is 0 Å². The van der Waals surface area contributed by atoms with Gasteiger partial charge in [0.05, 0.1) is 6.04 Å². The Morgan fingerprint density at radius 3 is 2.00 bits per heavy atom. The number of hydrogen-bond donors (Lipinski definition) is 1. The molecule has 0 unspecified atom stereocenters. The summed E-state index contributed by atoms with van der Waals surface area (Å²) < 4.78 is 3.16. The van der Waals surface area contributed by atoms with Gasteiger partial charge in [0.2, 0.25) is 11.7 Å². The second-order valence-electron chi connectivity index (χ2n) is 8.57. The summed E-state index contributed by atoms with van der Waals surface area (Å²) >= 11 is 0. The highest BCUT2D eigenvalue weighted by Gasteiger charge is 2.41. The second-order valence-corrected chi connectivity index (χ2v) is 8.57. The van der Waals surface area contributed by atoms with Crippen LogP contribution in [-0.2, 0) is 0 Å². The van der Waals surface area contributed by atoms with Gasteiger partial charge in [0.15, 0.2) is 5.69 Å². The molecule has 34 heavy (non-hydrogen) atoms. The van der Waals surface area contributed by atoms with Crippen LogP contribution in [0.2, 0.25) is 0 Å². The molecule has 0 radical (unpaired) electrons. The minimum atomic E-state index is -0.872. The average Bonchev–Trinajstić information content (AvgIpc) is 3.38. The Hall–Kier alpha value is -4.27. The summed E-state index contributed by atoms with van der Waals surface area (Å²) in [6.07, 6.45) is 2.84. The Kier molecular flexibility index (Phi) is 5.45. The van der Waals surface area contributed by atoms with E-state index in [1.807, 2.05) is 74.5 Å². The van der Waals surface area contributed by atoms with Crippen LogP contribution < -0.4 is 5.56 Å². The zero-order valence-electron chi connectivity index (χ0n) is 18.8. The van der Waals surface area contributed by atoms with Gasteiger partial charge in [-0.1, -0.05) is 60.7 Å². The van der Waals surface area contributed by atoms with E-state index in [9.17, 15) is 14.7 Å². The summed E-state index contributed by atoms with van der Waals surface area (Å²) in [6, 6.07) is 19.5. The van der Waals surface area contributed by atoms with Crippen LogP contribution in [0.5, 0.6) is 5.75 Å². The van der Waals surface area contributed by atoms with Gasteiger partial charge in [0.1, 0.15) is 12.7 Å². The number of rotatable bonds is 5. The topological polar surface area (TPSA) is 106 Å². The van der Waals surface area contributed by atoms with Gasteiger partial charge in [-0.3, -0.25) is 18.7 Å². The summed E-state index contributed by atoms with van der Waals surface area (Å²) in [5.41, 5.74) is 1.13. The maximum absolute atomic E-state index is 13.5. The number of carbonyl (C=O) groups is 1. The molecule has 0 spiro atoms. The summed E-state index contributed by atoms with van der Waals surface area (Å²) in [7, 11) is 0. The average molecular weight is 457 g/mol. The van der Waals surface area contributed by atoms with Crippen molar-refractivity contribution in [1.82, 2.24) is 29.2 Å². The molecule has 0 bridgehead atoms. The second kappa shape index (κ2) is 8.58. The normalized spacial score (nSPS) is 15.7. The number of hydrogen-bond acceptors (Lipinski definition) is 6. The van der Waals surface area contributed by atoms with Crippen molar-refractivity contribution in [2.24, 2.45) is 0 Å². The van der Waals surface area contributed by atoms with Crippen LogP contribution >= 0.6 is 0 Å². The lowest BCUT2D eigenvalue weighted by molar-refractivity contribution is 0.0585. The Morgan fingerprint density at radius 2 is 1.47 bits per heavy atom. The molecule has 3 heterocycles. The van der Waals surface area contributed by atoms with Crippen LogP contribution in [0.3, 0.4) is 0 Å². The molecule has 0 aliphatic carbocycles. The Balaban J connectivity index is 1.84. The minimum Gasteiger partial charge on any atom is -0.501 e. The summed E-state index contributed by atoms with van der Waals surface area (Å²) in [5.74, 6) is -1.09. The van der Waals surface area contributed by atoms with Crippen molar-refractivity contribution in [1.29, 1.82) is 0 Å². The maximum atomic E-state index is 13.5. The molecule has 0 saturated carbocycles. The maximum Gasteiger partial charge on any atom is 0.317 e. The first-order chi connectivity index (χ1) is 16.5. The third kappa shape index (κ3) is 3.55. The number of aromatic hydroxyl groups is 1. The molecule has 9 nitrogen and oxygen atoms in total. The molecule has 2 aromatic heterocycles. The molecule has 1 aliphatic heterocycles. The van der Waals surface area contributed by atoms with E-state index < -0.39 is 17.2 Å². The van der Waals surface area contributed by atoms with Crippen LogP contribution in [0, 0.1) is 0 Å². The molecular formula is C25H24N6O3. The van der Waals surface area contributed by atoms with Crippen molar-refractivity contribution in [3.63, 3.8) is 0 Å². The van der Waals surface area contributed by atoms with Crippen molar-refractivity contribution >= 4 is 5.91 Å². The standard InChI is InChI=1S/C25H24N6O3/c1-16(2)30-13-19(20(17-9-5-3-6-10-17)18-11-7-4-8-12-18)31-21(24(30)34)22(32)23(33)28-25(31)29-14-26-27-15-29/h3-12,14-16,19-20,32H,13H2,1-2H3/t19-/m1/s1. The van der Waals surface area contributed by atoms with Crippen LogP contribution in [-0.4, -0.2) is 52.8 Å². The monoisotopic (exact) mass is 456 g/mol. The van der Waals surface area contributed by atoms with Crippen molar-refractivity contribution in [2.75, 3.05) is 6.54 Å². The summed E-state index contributed by atoms with van der Waals surface area (Å²) in [6.45, 7) is 4.19.